The van der Waals surface area contributed by atoms with Crippen molar-refractivity contribution in [3.05, 3.63) is 18.5 Å². The molecule has 0 saturated carbocycles. The van der Waals surface area contributed by atoms with Crippen LogP contribution in [0.2, 0.25) is 0 Å². The van der Waals surface area contributed by atoms with Gasteiger partial charge in [-0.2, -0.15) is 0 Å². The molecule has 1 aromatic rings. The second-order valence-electron chi connectivity index (χ2n) is 3.42. The normalized spacial score (nSPS) is 11.9. The molecule has 3 N–H and O–H groups in total. The molecule has 1 amide bonds. The first kappa shape index (κ1) is 13.4. The van der Waals surface area contributed by atoms with Crippen molar-refractivity contribution in [2.75, 3.05) is 26.1 Å². The number of ether oxygens (including phenoxy) is 2. The van der Waals surface area contributed by atoms with E-state index in [0.29, 0.717) is 18.0 Å². The number of amides is 1. The molecule has 0 aromatic carbocycles. The lowest BCUT2D eigenvalue weighted by molar-refractivity contribution is -0.118. The van der Waals surface area contributed by atoms with Crippen molar-refractivity contribution >= 4 is 11.6 Å². The van der Waals surface area contributed by atoms with Crippen LogP contribution >= 0.6 is 0 Å². The number of nitrogens with two attached hydrogens (primary N) is 1. The molecule has 0 spiro atoms. The summed E-state index contributed by atoms with van der Waals surface area (Å²) in [6.07, 6.45) is 3.04. The van der Waals surface area contributed by atoms with E-state index in [1.165, 1.54) is 20.4 Å². The van der Waals surface area contributed by atoms with Crippen LogP contribution < -0.4 is 15.8 Å². The minimum Gasteiger partial charge on any atom is -0.494 e. The molecule has 0 bridgehead atoms. The topological polar surface area (TPSA) is 86.5 Å². The van der Waals surface area contributed by atoms with Crippen LogP contribution in [0.5, 0.6) is 5.75 Å². The first-order valence-corrected chi connectivity index (χ1v) is 5.22. The summed E-state index contributed by atoms with van der Waals surface area (Å²) in [6.45, 7) is 0.300. The van der Waals surface area contributed by atoms with Crippen LogP contribution in [0.15, 0.2) is 18.5 Å². The maximum Gasteiger partial charge on any atom is 0.227 e. The van der Waals surface area contributed by atoms with Crippen LogP contribution in [0, 0.1) is 0 Å². The lowest BCUT2D eigenvalue weighted by Gasteiger charge is -2.13. The molecule has 1 unspecified atom stereocenters. The van der Waals surface area contributed by atoms with Gasteiger partial charge in [-0.05, 0) is 0 Å². The highest BCUT2D eigenvalue weighted by Crippen LogP contribution is 2.21. The second-order valence-corrected chi connectivity index (χ2v) is 3.42. The van der Waals surface area contributed by atoms with Gasteiger partial charge in [0.15, 0.2) is 0 Å². The molecule has 0 fully saturated rings. The molecular formula is C11H17N3O3. The van der Waals surface area contributed by atoms with Gasteiger partial charge in [0, 0.05) is 25.9 Å². The predicted molar refractivity (Wildman–Crippen MR) is 63.9 cm³/mol. The Morgan fingerprint density at radius 3 is 2.94 bits per heavy atom. The van der Waals surface area contributed by atoms with E-state index in [1.807, 2.05) is 0 Å². The molecule has 0 aliphatic rings. The first-order chi connectivity index (χ1) is 8.21. The van der Waals surface area contributed by atoms with Gasteiger partial charge in [0.1, 0.15) is 11.4 Å². The number of carbonyl (C=O) groups is 1. The van der Waals surface area contributed by atoms with Gasteiger partial charge in [-0.1, -0.05) is 0 Å². The summed E-state index contributed by atoms with van der Waals surface area (Å²) in [5.41, 5.74) is 5.97. The lowest BCUT2D eigenvalue weighted by atomic mass is 10.2. The molecule has 6 heteroatoms. The summed E-state index contributed by atoms with van der Waals surface area (Å²) >= 11 is 0. The number of anilines is 1. The second kappa shape index (κ2) is 6.82. The van der Waals surface area contributed by atoms with E-state index in [9.17, 15) is 4.79 Å². The zero-order valence-electron chi connectivity index (χ0n) is 9.97. The van der Waals surface area contributed by atoms with Crippen LogP contribution in [0.1, 0.15) is 6.42 Å². The number of nitrogens with one attached hydrogen (secondary N) is 1. The molecule has 0 saturated heterocycles. The van der Waals surface area contributed by atoms with Crippen molar-refractivity contribution in [1.29, 1.82) is 0 Å². The molecule has 1 atom stereocenters. The average Bonchev–Trinajstić information content (AvgIpc) is 2.36. The van der Waals surface area contributed by atoms with Crippen LogP contribution in [-0.4, -0.2) is 37.8 Å². The first-order valence-electron chi connectivity index (χ1n) is 5.22. The third-order valence-corrected chi connectivity index (χ3v) is 2.28. The Bertz CT molecular complexity index is 367. The Morgan fingerprint density at radius 1 is 1.59 bits per heavy atom. The van der Waals surface area contributed by atoms with Crippen LogP contribution in [0.3, 0.4) is 0 Å². The molecule has 94 valence electrons. The summed E-state index contributed by atoms with van der Waals surface area (Å²) in [6, 6.07) is 1.67. The van der Waals surface area contributed by atoms with E-state index in [0.717, 1.165) is 0 Å². The van der Waals surface area contributed by atoms with E-state index < -0.39 is 0 Å². The monoisotopic (exact) mass is 239 g/mol. The van der Waals surface area contributed by atoms with Crippen molar-refractivity contribution in [2.45, 2.75) is 12.5 Å². The van der Waals surface area contributed by atoms with Crippen molar-refractivity contribution in [3.63, 3.8) is 0 Å². The number of rotatable bonds is 6. The predicted octanol–water partition coefficient (Wildman–Crippen LogP) is 0.392. The molecule has 17 heavy (non-hydrogen) atoms. The van der Waals surface area contributed by atoms with Crippen molar-refractivity contribution in [1.82, 2.24) is 4.98 Å². The minimum atomic E-state index is -0.280. The number of hydrogen-bond donors (Lipinski definition) is 2. The van der Waals surface area contributed by atoms with Gasteiger partial charge in [-0.15, -0.1) is 0 Å². The Balaban J connectivity index is 2.61. The van der Waals surface area contributed by atoms with E-state index >= 15 is 0 Å². The van der Waals surface area contributed by atoms with Gasteiger partial charge in [0.2, 0.25) is 5.91 Å². The van der Waals surface area contributed by atoms with Gasteiger partial charge in [0.25, 0.3) is 0 Å². The van der Waals surface area contributed by atoms with E-state index in [1.54, 1.807) is 12.3 Å². The highest BCUT2D eigenvalue weighted by Gasteiger charge is 2.13. The fraction of sp³-hybridized carbons (Fsp3) is 0.455. The molecule has 6 nitrogen and oxygen atoms in total. The van der Waals surface area contributed by atoms with Gasteiger partial charge in [0.05, 0.1) is 25.8 Å². The third kappa shape index (κ3) is 4.01. The van der Waals surface area contributed by atoms with Crippen LogP contribution in [0.4, 0.5) is 5.69 Å². The summed E-state index contributed by atoms with van der Waals surface area (Å²) in [5, 5.41) is 2.70. The fourth-order valence-corrected chi connectivity index (χ4v) is 1.32. The highest BCUT2D eigenvalue weighted by molar-refractivity contribution is 5.92. The number of hydrogen-bond acceptors (Lipinski definition) is 5. The zero-order chi connectivity index (χ0) is 12.7. The number of pyridine rings is 1. The molecule has 0 aliphatic heterocycles. The largest absolute Gasteiger partial charge is 0.494 e. The summed E-state index contributed by atoms with van der Waals surface area (Å²) in [5.74, 6) is 0.378. The quantitative estimate of drug-likeness (QED) is 0.750. The molecule has 0 aliphatic carbocycles. The standard InChI is InChI=1S/C11H17N3O3/c1-16-8(6-12)5-11(15)14-9-7-13-4-3-10(9)17-2/h3-4,7-8H,5-6,12H2,1-2H3,(H,14,15). The molecule has 1 heterocycles. The molecule has 0 radical (unpaired) electrons. The number of aromatic nitrogens is 1. The summed E-state index contributed by atoms with van der Waals surface area (Å²) in [4.78, 5) is 15.6. The Kier molecular flexibility index (Phi) is 5.38. The van der Waals surface area contributed by atoms with Crippen LogP contribution in [0.25, 0.3) is 0 Å². The fourth-order valence-electron chi connectivity index (χ4n) is 1.32. The molecule has 1 rings (SSSR count). The van der Waals surface area contributed by atoms with Gasteiger partial charge < -0.3 is 20.5 Å². The van der Waals surface area contributed by atoms with Crippen molar-refractivity contribution < 1.29 is 14.3 Å². The maximum absolute atomic E-state index is 11.7. The Labute approximate surface area is 100 Å². The van der Waals surface area contributed by atoms with Crippen molar-refractivity contribution in [3.8, 4) is 5.75 Å². The molecular weight excluding hydrogens is 222 g/mol. The summed E-state index contributed by atoms with van der Waals surface area (Å²) in [7, 11) is 3.05. The van der Waals surface area contributed by atoms with Gasteiger partial charge in [-0.25, -0.2) is 0 Å². The van der Waals surface area contributed by atoms with E-state index in [4.69, 9.17) is 15.2 Å². The SMILES string of the molecule is COc1ccncc1NC(=O)CC(CN)OC. The van der Waals surface area contributed by atoms with Crippen molar-refractivity contribution in [2.24, 2.45) is 5.73 Å². The third-order valence-electron chi connectivity index (χ3n) is 2.28. The maximum atomic E-state index is 11.7. The average molecular weight is 239 g/mol. The number of carbonyl (C=O) groups excluding carboxylic acids is 1. The Morgan fingerprint density at radius 2 is 2.35 bits per heavy atom. The smallest absolute Gasteiger partial charge is 0.227 e. The van der Waals surface area contributed by atoms with E-state index in [-0.39, 0.29) is 18.4 Å². The highest BCUT2D eigenvalue weighted by atomic mass is 16.5. The number of nitrogens with zero attached hydrogens (tertiary/aromatic N) is 1. The zero-order valence-corrected chi connectivity index (χ0v) is 9.97. The van der Waals surface area contributed by atoms with Crippen LogP contribution in [-0.2, 0) is 9.53 Å². The number of methoxy groups -OCH3 is 2. The van der Waals surface area contributed by atoms with E-state index in [2.05, 4.69) is 10.3 Å². The van der Waals surface area contributed by atoms with Gasteiger partial charge in [-0.3, -0.25) is 9.78 Å². The lowest BCUT2D eigenvalue weighted by Crippen LogP contribution is -2.28. The summed E-state index contributed by atoms with van der Waals surface area (Å²) < 4.78 is 10.1. The van der Waals surface area contributed by atoms with Gasteiger partial charge >= 0.3 is 0 Å². The Hall–Kier alpha value is -1.66. The minimum absolute atomic E-state index is 0.186. The molecule has 1 aromatic heterocycles.